The van der Waals surface area contributed by atoms with Crippen LogP contribution in [0, 0.1) is 0 Å². The van der Waals surface area contributed by atoms with Crippen molar-refractivity contribution in [3.8, 4) is 0 Å². The molecule has 0 saturated carbocycles. The molecule has 0 atom stereocenters. The standard InChI is InChI=1S/C12H16BrNO2/c1-12(2,14-3)11(15)16-8-9-4-6-10(13)7-5-9/h4-7,14H,8H2,1-3H3. The molecule has 1 rings (SSSR count). The number of carbonyl (C=O) groups excluding carboxylic acids is 1. The predicted molar refractivity (Wildman–Crippen MR) is 67.1 cm³/mol. The first-order chi connectivity index (χ1) is 7.45. The number of benzene rings is 1. The fourth-order valence-corrected chi connectivity index (χ4v) is 1.28. The summed E-state index contributed by atoms with van der Waals surface area (Å²) in [6.07, 6.45) is 0. The van der Waals surface area contributed by atoms with Crippen molar-refractivity contribution in [2.24, 2.45) is 0 Å². The summed E-state index contributed by atoms with van der Waals surface area (Å²) in [5.41, 5.74) is 0.332. The Morgan fingerprint density at radius 2 is 1.94 bits per heavy atom. The summed E-state index contributed by atoms with van der Waals surface area (Å²) in [4.78, 5) is 11.6. The van der Waals surface area contributed by atoms with E-state index in [-0.39, 0.29) is 5.97 Å². The molecule has 0 bridgehead atoms. The molecule has 1 aromatic rings. The first-order valence-corrected chi connectivity index (χ1v) is 5.85. The van der Waals surface area contributed by atoms with E-state index >= 15 is 0 Å². The zero-order valence-electron chi connectivity index (χ0n) is 9.71. The SMILES string of the molecule is CNC(C)(C)C(=O)OCc1ccc(Br)cc1. The zero-order chi connectivity index (χ0) is 12.2. The van der Waals surface area contributed by atoms with E-state index in [2.05, 4.69) is 21.2 Å². The van der Waals surface area contributed by atoms with Crippen molar-refractivity contribution in [2.75, 3.05) is 7.05 Å². The summed E-state index contributed by atoms with van der Waals surface area (Å²) in [6.45, 7) is 3.88. The normalized spacial score (nSPS) is 11.2. The molecule has 4 heteroatoms. The minimum absolute atomic E-state index is 0.252. The summed E-state index contributed by atoms with van der Waals surface area (Å²) < 4.78 is 6.22. The van der Waals surface area contributed by atoms with Crippen molar-refractivity contribution in [3.05, 3.63) is 34.3 Å². The number of hydrogen-bond acceptors (Lipinski definition) is 3. The second-order valence-corrected chi connectivity index (χ2v) is 4.99. The van der Waals surface area contributed by atoms with Crippen molar-refractivity contribution in [1.29, 1.82) is 0 Å². The zero-order valence-corrected chi connectivity index (χ0v) is 11.3. The average Bonchev–Trinajstić information content (AvgIpc) is 2.28. The van der Waals surface area contributed by atoms with Gasteiger partial charge in [-0.2, -0.15) is 0 Å². The molecule has 0 aromatic heterocycles. The third-order valence-corrected chi connectivity index (χ3v) is 2.95. The second kappa shape index (κ2) is 5.46. The van der Waals surface area contributed by atoms with E-state index in [0.717, 1.165) is 10.0 Å². The Labute approximate surface area is 104 Å². The smallest absolute Gasteiger partial charge is 0.326 e. The highest BCUT2D eigenvalue weighted by atomic mass is 79.9. The first kappa shape index (κ1) is 13.2. The van der Waals surface area contributed by atoms with Gasteiger partial charge in [-0.3, -0.25) is 4.79 Å². The molecule has 0 aliphatic heterocycles. The Balaban J connectivity index is 2.52. The van der Waals surface area contributed by atoms with Crippen LogP contribution in [0.2, 0.25) is 0 Å². The van der Waals surface area contributed by atoms with Crippen LogP contribution < -0.4 is 5.32 Å². The van der Waals surface area contributed by atoms with E-state index in [9.17, 15) is 4.79 Å². The summed E-state index contributed by atoms with van der Waals surface area (Å²) in [6, 6.07) is 7.69. The Hall–Kier alpha value is -0.870. The van der Waals surface area contributed by atoms with Gasteiger partial charge in [0.1, 0.15) is 12.1 Å². The molecular formula is C12H16BrNO2. The van der Waals surface area contributed by atoms with Gasteiger partial charge >= 0.3 is 5.97 Å². The van der Waals surface area contributed by atoms with Gasteiger partial charge in [0.05, 0.1) is 0 Å². The van der Waals surface area contributed by atoms with E-state index in [1.54, 1.807) is 20.9 Å². The highest BCUT2D eigenvalue weighted by Crippen LogP contribution is 2.12. The molecule has 0 aliphatic rings. The van der Waals surface area contributed by atoms with Crippen molar-refractivity contribution in [3.63, 3.8) is 0 Å². The highest BCUT2D eigenvalue weighted by molar-refractivity contribution is 9.10. The molecule has 0 unspecified atom stereocenters. The molecule has 0 fully saturated rings. The molecule has 0 heterocycles. The van der Waals surface area contributed by atoms with Gasteiger partial charge in [-0.05, 0) is 38.6 Å². The van der Waals surface area contributed by atoms with Crippen LogP contribution in [0.15, 0.2) is 28.7 Å². The fraction of sp³-hybridized carbons (Fsp3) is 0.417. The Kier molecular flexibility index (Phi) is 4.50. The van der Waals surface area contributed by atoms with E-state index in [1.807, 2.05) is 24.3 Å². The van der Waals surface area contributed by atoms with Crippen molar-refractivity contribution >= 4 is 21.9 Å². The maximum Gasteiger partial charge on any atom is 0.326 e. The number of likely N-dealkylation sites (N-methyl/N-ethyl adjacent to an activating group) is 1. The van der Waals surface area contributed by atoms with Crippen LogP contribution in [0.4, 0.5) is 0 Å². The minimum atomic E-state index is -0.643. The maximum atomic E-state index is 11.6. The van der Waals surface area contributed by atoms with E-state index in [1.165, 1.54) is 0 Å². The van der Waals surface area contributed by atoms with Gasteiger partial charge in [0.25, 0.3) is 0 Å². The van der Waals surface area contributed by atoms with Crippen molar-refractivity contribution in [1.82, 2.24) is 5.32 Å². The van der Waals surface area contributed by atoms with Crippen molar-refractivity contribution in [2.45, 2.75) is 26.0 Å². The van der Waals surface area contributed by atoms with Crippen molar-refractivity contribution < 1.29 is 9.53 Å². The number of hydrogen-bond donors (Lipinski definition) is 1. The van der Waals surface area contributed by atoms with Crippen LogP contribution in [0.3, 0.4) is 0 Å². The van der Waals surface area contributed by atoms with Crippen LogP contribution in [0.25, 0.3) is 0 Å². The number of rotatable bonds is 4. The summed E-state index contributed by atoms with van der Waals surface area (Å²) in [5, 5.41) is 2.90. The van der Waals surface area contributed by atoms with E-state index < -0.39 is 5.54 Å². The number of nitrogens with one attached hydrogen (secondary N) is 1. The molecule has 1 aromatic carbocycles. The third-order valence-electron chi connectivity index (χ3n) is 2.42. The van der Waals surface area contributed by atoms with Gasteiger partial charge in [0.15, 0.2) is 0 Å². The molecular weight excluding hydrogens is 270 g/mol. The second-order valence-electron chi connectivity index (χ2n) is 4.08. The van der Waals surface area contributed by atoms with Crippen LogP contribution >= 0.6 is 15.9 Å². The van der Waals surface area contributed by atoms with E-state index in [4.69, 9.17) is 4.74 Å². The lowest BCUT2D eigenvalue weighted by atomic mass is 10.1. The topological polar surface area (TPSA) is 38.3 Å². The summed E-state index contributed by atoms with van der Waals surface area (Å²) in [7, 11) is 1.74. The van der Waals surface area contributed by atoms with Gasteiger partial charge in [0, 0.05) is 4.47 Å². The van der Waals surface area contributed by atoms with Crippen LogP contribution in [-0.4, -0.2) is 18.6 Å². The number of halogens is 1. The number of esters is 1. The Morgan fingerprint density at radius 3 is 2.44 bits per heavy atom. The third kappa shape index (κ3) is 3.61. The van der Waals surface area contributed by atoms with Gasteiger partial charge in [-0.1, -0.05) is 28.1 Å². The molecule has 16 heavy (non-hydrogen) atoms. The fourth-order valence-electron chi connectivity index (χ4n) is 1.01. The molecule has 0 saturated heterocycles. The molecule has 3 nitrogen and oxygen atoms in total. The lowest BCUT2D eigenvalue weighted by Gasteiger charge is -2.21. The lowest BCUT2D eigenvalue weighted by Crippen LogP contribution is -2.45. The number of ether oxygens (including phenoxy) is 1. The molecule has 0 spiro atoms. The van der Waals surface area contributed by atoms with Gasteiger partial charge in [0.2, 0.25) is 0 Å². The molecule has 0 radical (unpaired) electrons. The monoisotopic (exact) mass is 285 g/mol. The summed E-state index contributed by atoms with van der Waals surface area (Å²) in [5.74, 6) is -0.252. The van der Waals surface area contributed by atoms with Crippen LogP contribution in [0.1, 0.15) is 19.4 Å². The van der Waals surface area contributed by atoms with Gasteiger partial charge in [-0.15, -0.1) is 0 Å². The minimum Gasteiger partial charge on any atom is -0.459 e. The predicted octanol–water partition coefficient (Wildman–Crippen LogP) is 2.49. The number of carbonyl (C=O) groups is 1. The van der Waals surface area contributed by atoms with Gasteiger partial charge < -0.3 is 10.1 Å². The highest BCUT2D eigenvalue weighted by Gasteiger charge is 2.26. The Morgan fingerprint density at radius 1 is 1.38 bits per heavy atom. The van der Waals surface area contributed by atoms with Crippen LogP contribution in [0.5, 0.6) is 0 Å². The maximum absolute atomic E-state index is 11.6. The quantitative estimate of drug-likeness (QED) is 0.864. The van der Waals surface area contributed by atoms with E-state index in [0.29, 0.717) is 6.61 Å². The average molecular weight is 286 g/mol. The largest absolute Gasteiger partial charge is 0.459 e. The first-order valence-electron chi connectivity index (χ1n) is 5.06. The van der Waals surface area contributed by atoms with Gasteiger partial charge in [-0.25, -0.2) is 0 Å². The Bertz CT molecular complexity index is 360. The molecule has 0 aliphatic carbocycles. The summed E-state index contributed by atoms with van der Waals surface area (Å²) >= 11 is 3.35. The molecule has 0 amide bonds. The van der Waals surface area contributed by atoms with Crippen LogP contribution in [-0.2, 0) is 16.1 Å². The molecule has 1 N–H and O–H groups in total. The molecule has 88 valence electrons. The lowest BCUT2D eigenvalue weighted by molar-refractivity contribution is -0.151.